The van der Waals surface area contributed by atoms with Crippen LogP contribution in [0.2, 0.25) is 0 Å². The molecule has 0 saturated heterocycles. The van der Waals surface area contributed by atoms with Gasteiger partial charge in [0.1, 0.15) is 17.6 Å². The van der Waals surface area contributed by atoms with Crippen molar-refractivity contribution in [3.05, 3.63) is 108 Å². The molecule has 0 fully saturated rings. The van der Waals surface area contributed by atoms with Crippen molar-refractivity contribution in [2.75, 3.05) is 10.6 Å². The number of hydrogen-bond acceptors (Lipinski definition) is 6. The highest BCUT2D eigenvalue weighted by molar-refractivity contribution is 7.89. The normalized spacial score (nSPS) is 11.9. The van der Waals surface area contributed by atoms with Gasteiger partial charge in [0.25, 0.3) is 0 Å². The highest BCUT2D eigenvalue weighted by Gasteiger charge is 2.20. The van der Waals surface area contributed by atoms with Gasteiger partial charge in [0, 0.05) is 28.9 Å². The van der Waals surface area contributed by atoms with Crippen molar-refractivity contribution >= 4 is 33.1 Å². The third kappa shape index (κ3) is 6.55. The SMILES string of the molecule is N=C(N)c1cccc(N[C@@H](Cc2ccc(O)cc2)C(=O)Nc2ccc(-c3ccccc3S(N)(=O)=O)cc2)c1. The molecule has 1 amide bonds. The number of carbonyl (C=O) groups excluding carboxylic acids is 1. The van der Waals surface area contributed by atoms with E-state index in [0.29, 0.717) is 34.5 Å². The number of benzene rings is 4. The van der Waals surface area contributed by atoms with Crippen molar-refractivity contribution in [3.63, 3.8) is 0 Å². The molecule has 0 aliphatic rings. The van der Waals surface area contributed by atoms with Gasteiger partial charge in [0.05, 0.1) is 4.90 Å². The highest BCUT2D eigenvalue weighted by Crippen LogP contribution is 2.28. The molecule has 194 valence electrons. The van der Waals surface area contributed by atoms with Crippen molar-refractivity contribution < 1.29 is 18.3 Å². The van der Waals surface area contributed by atoms with E-state index in [1.807, 2.05) is 0 Å². The van der Waals surface area contributed by atoms with E-state index in [2.05, 4.69) is 10.6 Å². The Morgan fingerprint density at radius 3 is 2.24 bits per heavy atom. The molecule has 1 atom stereocenters. The Morgan fingerprint density at radius 2 is 1.58 bits per heavy atom. The standard InChI is InChI=1S/C28H27N5O4S/c29-27(30)20-4-3-5-22(17-20)32-25(16-18-8-14-23(34)15-9-18)28(35)33-21-12-10-19(11-13-21)24-6-1-2-7-26(24)38(31,36)37/h1-15,17,25,32,34H,16H2,(H3,29,30)(H,33,35)(H2,31,36,37)/t25-/m0/s1. The summed E-state index contributed by atoms with van der Waals surface area (Å²) in [6, 6.07) is 26.0. The number of nitrogens with one attached hydrogen (secondary N) is 3. The lowest BCUT2D eigenvalue weighted by Gasteiger charge is -2.20. The van der Waals surface area contributed by atoms with Gasteiger partial charge >= 0.3 is 0 Å². The summed E-state index contributed by atoms with van der Waals surface area (Å²) in [5, 5.41) is 28.8. The van der Waals surface area contributed by atoms with E-state index in [4.69, 9.17) is 16.3 Å². The summed E-state index contributed by atoms with van der Waals surface area (Å²) in [5.74, 6) is -0.276. The number of primary sulfonamides is 1. The molecule has 0 saturated carbocycles. The van der Waals surface area contributed by atoms with Crippen molar-refractivity contribution in [2.45, 2.75) is 17.4 Å². The molecule has 0 radical (unpaired) electrons. The van der Waals surface area contributed by atoms with Crippen LogP contribution in [0.25, 0.3) is 11.1 Å². The molecular weight excluding hydrogens is 502 g/mol. The highest BCUT2D eigenvalue weighted by atomic mass is 32.2. The number of rotatable bonds is 9. The summed E-state index contributed by atoms with van der Waals surface area (Å²) in [6.45, 7) is 0. The lowest BCUT2D eigenvalue weighted by atomic mass is 10.0. The van der Waals surface area contributed by atoms with E-state index in [1.54, 1.807) is 91.0 Å². The molecule has 0 aliphatic heterocycles. The van der Waals surface area contributed by atoms with Gasteiger partial charge < -0.3 is 21.5 Å². The fourth-order valence-electron chi connectivity index (χ4n) is 3.97. The lowest BCUT2D eigenvalue weighted by Crippen LogP contribution is -2.36. The van der Waals surface area contributed by atoms with Gasteiger partial charge in [0.15, 0.2) is 0 Å². The summed E-state index contributed by atoms with van der Waals surface area (Å²) in [4.78, 5) is 13.4. The van der Waals surface area contributed by atoms with E-state index >= 15 is 0 Å². The Kier molecular flexibility index (Phi) is 7.75. The minimum Gasteiger partial charge on any atom is -0.508 e. The van der Waals surface area contributed by atoms with E-state index in [9.17, 15) is 18.3 Å². The number of hydrogen-bond donors (Lipinski definition) is 6. The van der Waals surface area contributed by atoms with Crippen LogP contribution in [0.5, 0.6) is 5.75 Å². The molecule has 0 spiro atoms. The second-order valence-corrected chi connectivity index (χ2v) is 10.2. The molecule has 0 unspecified atom stereocenters. The van der Waals surface area contributed by atoms with Gasteiger partial charge in [-0.15, -0.1) is 0 Å². The van der Waals surface area contributed by atoms with Crippen LogP contribution < -0.4 is 21.5 Å². The predicted molar refractivity (Wildman–Crippen MR) is 149 cm³/mol. The van der Waals surface area contributed by atoms with Crippen LogP contribution in [0.3, 0.4) is 0 Å². The average molecular weight is 530 g/mol. The van der Waals surface area contributed by atoms with E-state index in [0.717, 1.165) is 5.56 Å². The number of carbonyl (C=O) groups is 1. The van der Waals surface area contributed by atoms with Crippen molar-refractivity contribution in [1.29, 1.82) is 5.41 Å². The lowest BCUT2D eigenvalue weighted by molar-refractivity contribution is -0.116. The number of sulfonamides is 1. The molecule has 38 heavy (non-hydrogen) atoms. The number of aromatic hydroxyl groups is 1. The van der Waals surface area contributed by atoms with Crippen LogP contribution >= 0.6 is 0 Å². The van der Waals surface area contributed by atoms with E-state index < -0.39 is 16.1 Å². The van der Waals surface area contributed by atoms with Crippen LogP contribution in [0.15, 0.2) is 102 Å². The zero-order chi connectivity index (χ0) is 27.3. The fourth-order valence-corrected chi connectivity index (χ4v) is 4.73. The second-order valence-electron chi connectivity index (χ2n) is 8.67. The summed E-state index contributed by atoms with van der Waals surface area (Å²) in [6.07, 6.45) is 0.316. The van der Waals surface area contributed by atoms with Gasteiger partial charge in [-0.25, -0.2) is 13.6 Å². The number of nitrogens with two attached hydrogens (primary N) is 2. The minimum atomic E-state index is -3.91. The predicted octanol–water partition coefficient (Wildman–Crippen LogP) is 3.65. The Balaban J connectivity index is 1.57. The summed E-state index contributed by atoms with van der Waals surface area (Å²) in [5.41, 5.74) is 9.19. The van der Waals surface area contributed by atoms with E-state index in [1.165, 1.54) is 6.07 Å². The smallest absolute Gasteiger partial charge is 0.247 e. The molecule has 0 aromatic heterocycles. The molecule has 0 bridgehead atoms. The van der Waals surface area contributed by atoms with Gasteiger partial charge in [-0.2, -0.15) is 0 Å². The van der Waals surface area contributed by atoms with Gasteiger partial charge in [-0.1, -0.05) is 54.6 Å². The molecule has 4 aromatic carbocycles. The first-order valence-corrected chi connectivity index (χ1v) is 13.2. The molecule has 4 rings (SSSR count). The molecule has 9 nitrogen and oxygen atoms in total. The largest absolute Gasteiger partial charge is 0.508 e. The van der Waals surface area contributed by atoms with Crippen molar-refractivity contribution in [3.8, 4) is 16.9 Å². The second kappa shape index (κ2) is 11.2. The summed E-state index contributed by atoms with van der Waals surface area (Å²) >= 11 is 0. The van der Waals surface area contributed by atoms with Gasteiger partial charge in [-0.05, 0) is 53.6 Å². The summed E-state index contributed by atoms with van der Waals surface area (Å²) < 4.78 is 23.9. The first-order valence-electron chi connectivity index (χ1n) is 11.6. The number of amides is 1. The van der Waals surface area contributed by atoms with Crippen LogP contribution in [-0.2, 0) is 21.2 Å². The van der Waals surface area contributed by atoms with E-state index in [-0.39, 0.29) is 22.4 Å². The van der Waals surface area contributed by atoms with Crippen LogP contribution in [0.1, 0.15) is 11.1 Å². The van der Waals surface area contributed by atoms with Crippen molar-refractivity contribution in [2.24, 2.45) is 10.9 Å². The first kappa shape index (κ1) is 26.4. The zero-order valence-electron chi connectivity index (χ0n) is 20.3. The Bertz CT molecular complexity index is 1570. The van der Waals surface area contributed by atoms with Crippen LogP contribution in [0, 0.1) is 5.41 Å². The molecule has 0 heterocycles. The fraction of sp³-hybridized carbons (Fsp3) is 0.0714. The first-order chi connectivity index (χ1) is 18.1. The number of anilines is 2. The third-order valence-electron chi connectivity index (χ3n) is 5.86. The molecule has 0 aliphatic carbocycles. The van der Waals surface area contributed by atoms with Crippen LogP contribution in [-0.4, -0.2) is 31.3 Å². The molecular formula is C28H27N5O4S. The third-order valence-corrected chi connectivity index (χ3v) is 6.83. The number of phenolic OH excluding ortho intramolecular Hbond substituents is 1. The zero-order valence-corrected chi connectivity index (χ0v) is 21.1. The minimum absolute atomic E-state index is 0.0164. The number of amidine groups is 1. The summed E-state index contributed by atoms with van der Waals surface area (Å²) in [7, 11) is -3.91. The van der Waals surface area contributed by atoms with Gasteiger partial charge in [0.2, 0.25) is 15.9 Å². The Labute approximate surface area is 220 Å². The van der Waals surface area contributed by atoms with Crippen LogP contribution in [0.4, 0.5) is 11.4 Å². The maximum atomic E-state index is 13.4. The topological polar surface area (TPSA) is 171 Å². The maximum Gasteiger partial charge on any atom is 0.247 e. The molecule has 10 heteroatoms. The Morgan fingerprint density at radius 1 is 0.895 bits per heavy atom. The number of nitrogen functional groups attached to an aromatic ring is 1. The maximum absolute atomic E-state index is 13.4. The Hall–Kier alpha value is -4.67. The molecule has 8 N–H and O–H groups in total. The average Bonchev–Trinajstić information content (AvgIpc) is 2.89. The number of phenols is 1. The molecule has 4 aromatic rings. The monoisotopic (exact) mass is 529 g/mol. The quantitative estimate of drug-likeness (QED) is 0.143. The van der Waals surface area contributed by atoms with Crippen molar-refractivity contribution in [1.82, 2.24) is 0 Å². The van der Waals surface area contributed by atoms with Gasteiger partial charge in [-0.3, -0.25) is 10.2 Å².